The third-order valence-electron chi connectivity index (χ3n) is 5.11. The van der Waals surface area contributed by atoms with Crippen molar-refractivity contribution >= 4 is 22.7 Å². The summed E-state index contributed by atoms with van der Waals surface area (Å²) in [6, 6.07) is 19.9. The molecular formula is C22H21N5O. The summed E-state index contributed by atoms with van der Waals surface area (Å²) < 4.78 is 5.91. The summed E-state index contributed by atoms with van der Waals surface area (Å²) in [4.78, 5) is 7.02. The molecule has 3 heterocycles. The van der Waals surface area contributed by atoms with Crippen molar-refractivity contribution in [1.82, 2.24) is 15.2 Å². The van der Waals surface area contributed by atoms with E-state index in [4.69, 9.17) is 15.5 Å². The highest BCUT2D eigenvalue weighted by atomic mass is 16.5. The summed E-state index contributed by atoms with van der Waals surface area (Å²) in [6.07, 6.45) is 2.40. The van der Waals surface area contributed by atoms with Gasteiger partial charge >= 0.3 is 0 Å². The van der Waals surface area contributed by atoms with Gasteiger partial charge in [0, 0.05) is 18.7 Å². The number of hydrogen-bond donors (Lipinski definition) is 2. The lowest BCUT2D eigenvalue weighted by Gasteiger charge is -2.17. The molecule has 5 rings (SSSR count). The number of H-pyrrole nitrogens is 1. The van der Waals surface area contributed by atoms with Gasteiger partial charge in [-0.05, 0) is 48.7 Å². The molecule has 0 saturated carbocycles. The second kappa shape index (κ2) is 6.88. The predicted molar refractivity (Wildman–Crippen MR) is 112 cm³/mol. The van der Waals surface area contributed by atoms with Crippen LogP contribution in [0.1, 0.15) is 12.8 Å². The molecular weight excluding hydrogens is 350 g/mol. The van der Waals surface area contributed by atoms with Gasteiger partial charge in [-0.15, -0.1) is 0 Å². The largest absolute Gasteiger partial charge is 0.457 e. The molecule has 1 fully saturated rings. The van der Waals surface area contributed by atoms with Crippen LogP contribution in [0.4, 0.5) is 11.6 Å². The minimum absolute atomic E-state index is 0.537. The molecule has 0 bridgehead atoms. The van der Waals surface area contributed by atoms with Gasteiger partial charge in [0.05, 0.1) is 5.39 Å². The summed E-state index contributed by atoms with van der Waals surface area (Å²) in [5.41, 5.74) is 8.90. The van der Waals surface area contributed by atoms with Crippen molar-refractivity contribution in [3.8, 4) is 22.6 Å². The van der Waals surface area contributed by atoms with E-state index in [9.17, 15) is 0 Å². The molecule has 0 aliphatic carbocycles. The van der Waals surface area contributed by atoms with Gasteiger partial charge in [-0.3, -0.25) is 5.10 Å². The van der Waals surface area contributed by atoms with Crippen LogP contribution in [0.5, 0.6) is 11.5 Å². The SMILES string of the molecule is Nc1[nH]nc2nc(N3CCCC3)cc(-c3ccc(Oc4ccccc4)cc3)c12. The third-order valence-corrected chi connectivity index (χ3v) is 5.11. The monoisotopic (exact) mass is 371 g/mol. The number of ether oxygens (including phenoxy) is 1. The average Bonchev–Trinajstić information content (AvgIpc) is 3.39. The summed E-state index contributed by atoms with van der Waals surface area (Å²) in [5, 5.41) is 8.03. The third kappa shape index (κ3) is 3.03. The standard InChI is InChI=1S/C22H21N5O/c23-21-20-18(14-19(24-22(20)26-25-21)27-12-4-5-13-27)15-8-10-17(11-9-15)28-16-6-2-1-3-7-16/h1-3,6-11,14H,4-5,12-13H2,(H3,23,24,25,26). The van der Waals surface area contributed by atoms with E-state index in [0.29, 0.717) is 11.5 Å². The lowest BCUT2D eigenvalue weighted by Crippen LogP contribution is -2.19. The van der Waals surface area contributed by atoms with E-state index in [1.807, 2.05) is 54.6 Å². The molecule has 3 N–H and O–H groups in total. The van der Waals surface area contributed by atoms with Crippen molar-refractivity contribution in [2.45, 2.75) is 12.8 Å². The van der Waals surface area contributed by atoms with E-state index in [1.165, 1.54) is 12.8 Å². The maximum Gasteiger partial charge on any atom is 0.185 e. The number of rotatable bonds is 4. The Labute approximate surface area is 163 Å². The Morgan fingerprint density at radius 2 is 1.64 bits per heavy atom. The molecule has 1 saturated heterocycles. The zero-order chi connectivity index (χ0) is 18.9. The van der Waals surface area contributed by atoms with Gasteiger partial charge in [0.25, 0.3) is 0 Å². The number of aromatic nitrogens is 3. The van der Waals surface area contributed by atoms with Crippen LogP contribution in [0.2, 0.25) is 0 Å². The van der Waals surface area contributed by atoms with E-state index >= 15 is 0 Å². The fourth-order valence-corrected chi connectivity index (χ4v) is 3.70. The first-order valence-electron chi connectivity index (χ1n) is 9.51. The second-order valence-electron chi connectivity index (χ2n) is 7.00. The van der Waals surface area contributed by atoms with E-state index in [1.54, 1.807) is 0 Å². The zero-order valence-electron chi connectivity index (χ0n) is 15.4. The smallest absolute Gasteiger partial charge is 0.185 e. The van der Waals surface area contributed by atoms with Crippen LogP contribution in [0.25, 0.3) is 22.2 Å². The number of fused-ring (bicyclic) bond motifs is 1. The molecule has 2 aromatic carbocycles. The highest BCUT2D eigenvalue weighted by Gasteiger charge is 2.19. The molecule has 4 aromatic rings. The maximum absolute atomic E-state index is 6.15. The van der Waals surface area contributed by atoms with Crippen molar-refractivity contribution in [3.05, 3.63) is 60.7 Å². The molecule has 0 radical (unpaired) electrons. The van der Waals surface area contributed by atoms with E-state index in [2.05, 4.69) is 21.2 Å². The summed E-state index contributed by atoms with van der Waals surface area (Å²) >= 11 is 0. The van der Waals surface area contributed by atoms with Crippen LogP contribution in [0.15, 0.2) is 60.7 Å². The van der Waals surface area contributed by atoms with Crippen molar-refractivity contribution in [3.63, 3.8) is 0 Å². The lowest BCUT2D eigenvalue weighted by molar-refractivity contribution is 0.483. The summed E-state index contributed by atoms with van der Waals surface area (Å²) in [5.74, 6) is 3.10. The fourth-order valence-electron chi connectivity index (χ4n) is 3.70. The maximum atomic E-state index is 6.15. The lowest BCUT2D eigenvalue weighted by atomic mass is 10.0. The molecule has 1 aliphatic rings. The Hall–Kier alpha value is -3.54. The number of hydrogen-bond acceptors (Lipinski definition) is 5. The van der Waals surface area contributed by atoms with Crippen molar-refractivity contribution < 1.29 is 4.74 Å². The van der Waals surface area contributed by atoms with Crippen LogP contribution in [-0.2, 0) is 0 Å². The average molecular weight is 371 g/mol. The number of para-hydroxylation sites is 1. The Morgan fingerprint density at radius 1 is 0.929 bits per heavy atom. The number of aromatic amines is 1. The number of nitrogens with two attached hydrogens (primary N) is 1. The van der Waals surface area contributed by atoms with Gasteiger partial charge in [-0.2, -0.15) is 5.10 Å². The van der Waals surface area contributed by atoms with Gasteiger partial charge in [0.15, 0.2) is 5.65 Å². The van der Waals surface area contributed by atoms with Crippen LogP contribution in [-0.4, -0.2) is 28.3 Å². The molecule has 0 atom stereocenters. The molecule has 6 heteroatoms. The van der Waals surface area contributed by atoms with Crippen molar-refractivity contribution in [2.24, 2.45) is 0 Å². The molecule has 28 heavy (non-hydrogen) atoms. The number of benzene rings is 2. The van der Waals surface area contributed by atoms with Crippen molar-refractivity contribution in [2.75, 3.05) is 23.7 Å². The van der Waals surface area contributed by atoms with E-state index in [-0.39, 0.29) is 0 Å². The molecule has 140 valence electrons. The minimum Gasteiger partial charge on any atom is -0.457 e. The van der Waals surface area contributed by atoms with Gasteiger partial charge in [0.1, 0.15) is 23.1 Å². The van der Waals surface area contributed by atoms with E-state index in [0.717, 1.165) is 46.9 Å². The predicted octanol–water partition coefficient (Wildman–Crippen LogP) is 4.60. The van der Waals surface area contributed by atoms with Gasteiger partial charge in [-0.1, -0.05) is 30.3 Å². The molecule has 1 aliphatic heterocycles. The topological polar surface area (TPSA) is 80.1 Å². The van der Waals surface area contributed by atoms with Gasteiger partial charge in [-0.25, -0.2) is 4.98 Å². The molecule has 0 spiro atoms. The quantitative estimate of drug-likeness (QED) is 0.548. The Balaban J connectivity index is 1.53. The van der Waals surface area contributed by atoms with E-state index < -0.39 is 0 Å². The summed E-state index contributed by atoms with van der Waals surface area (Å²) in [6.45, 7) is 2.06. The zero-order valence-corrected chi connectivity index (χ0v) is 15.4. The van der Waals surface area contributed by atoms with Crippen LogP contribution >= 0.6 is 0 Å². The number of pyridine rings is 1. The minimum atomic E-state index is 0.537. The normalized spacial score (nSPS) is 13.9. The second-order valence-corrected chi connectivity index (χ2v) is 7.00. The molecule has 0 unspecified atom stereocenters. The summed E-state index contributed by atoms with van der Waals surface area (Å²) in [7, 11) is 0. The molecule has 2 aromatic heterocycles. The van der Waals surface area contributed by atoms with Crippen LogP contribution in [0, 0.1) is 0 Å². The molecule has 0 amide bonds. The van der Waals surface area contributed by atoms with Crippen LogP contribution in [0.3, 0.4) is 0 Å². The Kier molecular flexibility index (Phi) is 4.09. The number of anilines is 2. The van der Waals surface area contributed by atoms with Gasteiger partial charge < -0.3 is 15.4 Å². The van der Waals surface area contributed by atoms with Crippen LogP contribution < -0.4 is 15.4 Å². The Morgan fingerprint density at radius 3 is 2.39 bits per heavy atom. The fraction of sp³-hybridized carbons (Fsp3) is 0.182. The highest BCUT2D eigenvalue weighted by Crippen LogP contribution is 2.35. The highest BCUT2D eigenvalue weighted by molar-refractivity contribution is 6.01. The number of nitrogens with zero attached hydrogens (tertiary/aromatic N) is 3. The first-order valence-corrected chi connectivity index (χ1v) is 9.51. The first kappa shape index (κ1) is 16.6. The van der Waals surface area contributed by atoms with Gasteiger partial charge in [0.2, 0.25) is 0 Å². The Bertz CT molecular complexity index is 1100. The first-order chi connectivity index (χ1) is 13.8. The molecule has 6 nitrogen and oxygen atoms in total. The number of nitrogens with one attached hydrogen (secondary N) is 1. The van der Waals surface area contributed by atoms with Crippen molar-refractivity contribution in [1.29, 1.82) is 0 Å². The number of nitrogen functional groups attached to an aromatic ring is 1.